The number of benzene rings is 1. The van der Waals surface area contributed by atoms with E-state index in [0.717, 1.165) is 0 Å². The van der Waals surface area contributed by atoms with Gasteiger partial charge in [-0.05, 0) is 12.1 Å². The average molecular weight is 304 g/mol. The number of hydrogen-bond donors (Lipinski definition) is 0. The Labute approximate surface area is 113 Å². The predicted octanol–water partition coefficient (Wildman–Crippen LogP) is 1.92. The molecule has 1 aromatic rings. The molecular weight excluding hydrogens is 288 g/mol. The lowest BCUT2D eigenvalue weighted by Gasteiger charge is -2.10. The van der Waals surface area contributed by atoms with Crippen LogP contribution in [0.1, 0.15) is 13.8 Å². The summed E-state index contributed by atoms with van der Waals surface area (Å²) in [4.78, 5) is 0. The molecule has 0 aliphatic carbocycles. The number of sulfone groups is 2. The maximum atomic E-state index is 11.8. The Kier molecular flexibility index (Phi) is 5.19. The summed E-state index contributed by atoms with van der Waals surface area (Å²) < 4.78 is 45.3. The molecule has 0 aromatic heterocycles. The van der Waals surface area contributed by atoms with Gasteiger partial charge in [0, 0.05) is 0 Å². The Morgan fingerprint density at radius 3 is 1.84 bits per heavy atom. The molecule has 0 unspecified atom stereocenters. The maximum absolute atomic E-state index is 11.8. The van der Waals surface area contributed by atoms with Crippen LogP contribution in [0, 0.1) is 0 Å². The van der Waals surface area contributed by atoms with Gasteiger partial charge in [-0.3, -0.25) is 0 Å². The van der Waals surface area contributed by atoms with Crippen molar-refractivity contribution in [3.8, 4) is 0 Å². The number of azo groups is 1. The first-order valence-corrected chi connectivity index (χ1v) is 9.15. The molecule has 19 heavy (non-hydrogen) atoms. The molecule has 0 saturated carbocycles. The third kappa shape index (κ3) is 4.10. The molecule has 0 aliphatic rings. The van der Waals surface area contributed by atoms with Gasteiger partial charge in [0.15, 0.2) is 19.7 Å². The highest BCUT2D eigenvalue weighted by molar-refractivity contribution is 8.09. The molecule has 106 valence electrons. The van der Waals surface area contributed by atoms with Gasteiger partial charge in [0.25, 0.3) is 4.71 Å². The third-order valence-electron chi connectivity index (χ3n) is 2.44. The van der Waals surface area contributed by atoms with Gasteiger partial charge in [-0.1, -0.05) is 32.0 Å². The summed E-state index contributed by atoms with van der Waals surface area (Å²) in [6.07, 6.45) is 0. The summed E-state index contributed by atoms with van der Waals surface area (Å²) in [7, 11) is -7.70. The van der Waals surface area contributed by atoms with E-state index in [1.807, 2.05) is 0 Å². The number of nitrogens with zero attached hydrogens (tertiary/aromatic N) is 2. The van der Waals surface area contributed by atoms with E-state index in [-0.39, 0.29) is 11.5 Å². The van der Waals surface area contributed by atoms with Gasteiger partial charge in [-0.25, -0.2) is 16.8 Å². The molecule has 0 amide bonds. The third-order valence-corrected chi connectivity index (χ3v) is 7.23. The van der Waals surface area contributed by atoms with Crippen LogP contribution in [0.15, 0.2) is 40.6 Å². The molecule has 0 aliphatic heterocycles. The van der Waals surface area contributed by atoms with Crippen molar-refractivity contribution in [2.75, 3.05) is 11.5 Å². The van der Waals surface area contributed by atoms with Crippen LogP contribution < -0.4 is 0 Å². The van der Waals surface area contributed by atoms with Crippen LogP contribution in [0.25, 0.3) is 0 Å². The molecule has 6 nitrogen and oxygen atoms in total. The fraction of sp³-hybridized carbons (Fsp3) is 0.455. The Balaban J connectivity index is 3.18. The zero-order valence-corrected chi connectivity index (χ0v) is 12.4. The molecule has 0 heterocycles. The number of hydrogen-bond acceptors (Lipinski definition) is 6. The summed E-state index contributed by atoms with van der Waals surface area (Å²) in [6, 6.07) is 8.38. The lowest BCUT2D eigenvalue weighted by atomic mass is 10.3. The molecule has 0 saturated heterocycles. The first kappa shape index (κ1) is 15.8. The normalized spacial score (nSPS) is 13.2. The Morgan fingerprint density at radius 1 is 0.947 bits per heavy atom. The minimum absolute atomic E-state index is 0.301. The van der Waals surface area contributed by atoms with E-state index in [9.17, 15) is 16.8 Å². The summed E-state index contributed by atoms with van der Waals surface area (Å²) in [6.45, 7) is 2.76. The Bertz CT molecular complexity index is 603. The van der Waals surface area contributed by atoms with Crippen LogP contribution in [0.4, 0.5) is 5.69 Å². The van der Waals surface area contributed by atoms with Gasteiger partial charge in [-0.15, -0.1) is 0 Å². The van der Waals surface area contributed by atoms with Gasteiger partial charge < -0.3 is 0 Å². The van der Waals surface area contributed by atoms with E-state index >= 15 is 0 Å². The minimum atomic E-state index is -3.85. The molecule has 0 bridgehead atoms. The molecular formula is C11H16N2O4S2. The van der Waals surface area contributed by atoms with Crippen molar-refractivity contribution in [1.82, 2.24) is 0 Å². The standard InChI is InChI=1S/C11H16N2O4S2/c1-3-18(14,15)11(19(16,17)4-2)13-12-10-8-6-5-7-9-10/h5-9,11H,3-4H2,1-2H3. The summed E-state index contributed by atoms with van der Waals surface area (Å²) in [5, 5.41) is 7.23. The van der Waals surface area contributed by atoms with Crippen molar-refractivity contribution in [1.29, 1.82) is 0 Å². The second kappa shape index (κ2) is 6.25. The van der Waals surface area contributed by atoms with Crippen molar-refractivity contribution >= 4 is 25.4 Å². The van der Waals surface area contributed by atoms with E-state index in [0.29, 0.717) is 5.69 Å². The highest BCUT2D eigenvalue weighted by Gasteiger charge is 2.35. The van der Waals surface area contributed by atoms with Crippen molar-refractivity contribution in [3.63, 3.8) is 0 Å². The van der Waals surface area contributed by atoms with Crippen LogP contribution in [0.2, 0.25) is 0 Å². The van der Waals surface area contributed by atoms with E-state index in [1.54, 1.807) is 30.3 Å². The lowest BCUT2D eigenvalue weighted by Crippen LogP contribution is -2.31. The molecule has 0 N–H and O–H groups in total. The van der Waals surface area contributed by atoms with Gasteiger partial charge in [0.05, 0.1) is 17.2 Å². The van der Waals surface area contributed by atoms with Crippen LogP contribution >= 0.6 is 0 Å². The quantitative estimate of drug-likeness (QED) is 0.750. The van der Waals surface area contributed by atoms with Crippen LogP contribution in [-0.4, -0.2) is 33.0 Å². The summed E-state index contributed by atoms with van der Waals surface area (Å²) in [5.41, 5.74) is 0.408. The van der Waals surface area contributed by atoms with Gasteiger partial charge in [0.1, 0.15) is 0 Å². The second-order valence-corrected chi connectivity index (χ2v) is 8.76. The minimum Gasteiger partial charge on any atom is -0.225 e. The van der Waals surface area contributed by atoms with Gasteiger partial charge in [0.2, 0.25) is 0 Å². The highest BCUT2D eigenvalue weighted by Crippen LogP contribution is 2.18. The topological polar surface area (TPSA) is 93.0 Å². The zero-order valence-electron chi connectivity index (χ0n) is 10.7. The smallest absolute Gasteiger partial charge is 0.225 e. The molecule has 1 rings (SSSR count). The van der Waals surface area contributed by atoms with Crippen LogP contribution in [0.3, 0.4) is 0 Å². The summed E-state index contributed by atoms with van der Waals surface area (Å²) in [5.74, 6) is -0.602. The summed E-state index contributed by atoms with van der Waals surface area (Å²) >= 11 is 0. The van der Waals surface area contributed by atoms with E-state index < -0.39 is 24.4 Å². The molecule has 0 fully saturated rings. The lowest BCUT2D eigenvalue weighted by molar-refractivity contribution is 0.575. The molecule has 1 aromatic carbocycles. The Morgan fingerprint density at radius 2 is 1.42 bits per heavy atom. The molecule has 8 heteroatoms. The van der Waals surface area contributed by atoms with Crippen molar-refractivity contribution in [3.05, 3.63) is 30.3 Å². The SMILES string of the molecule is CCS(=O)(=O)C(N=Nc1ccccc1)S(=O)(=O)CC. The molecule has 0 radical (unpaired) electrons. The predicted molar refractivity (Wildman–Crippen MR) is 73.7 cm³/mol. The van der Waals surface area contributed by atoms with Crippen molar-refractivity contribution in [2.45, 2.75) is 18.6 Å². The van der Waals surface area contributed by atoms with Crippen molar-refractivity contribution in [2.24, 2.45) is 10.2 Å². The molecule has 0 spiro atoms. The Hall–Kier alpha value is -1.28. The fourth-order valence-corrected chi connectivity index (χ4v) is 4.82. The van der Waals surface area contributed by atoms with Crippen molar-refractivity contribution < 1.29 is 16.8 Å². The fourth-order valence-electron chi connectivity index (χ4n) is 1.26. The van der Waals surface area contributed by atoms with Crippen LogP contribution in [-0.2, 0) is 19.7 Å². The van der Waals surface area contributed by atoms with Crippen LogP contribution in [0.5, 0.6) is 0 Å². The number of rotatable bonds is 6. The average Bonchev–Trinajstić information content (AvgIpc) is 2.39. The maximum Gasteiger partial charge on any atom is 0.271 e. The largest absolute Gasteiger partial charge is 0.271 e. The molecule has 0 atom stereocenters. The monoisotopic (exact) mass is 304 g/mol. The zero-order chi connectivity index (χ0) is 14.5. The van der Waals surface area contributed by atoms with E-state index in [4.69, 9.17) is 0 Å². The van der Waals surface area contributed by atoms with Gasteiger partial charge in [-0.2, -0.15) is 10.2 Å². The second-order valence-electron chi connectivity index (χ2n) is 3.76. The van der Waals surface area contributed by atoms with Gasteiger partial charge >= 0.3 is 0 Å². The van der Waals surface area contributed by atoms with E-state index in [2.05, 4.69) is 10.2 Å². The van der Waals surface area contributed by atoms with E-state index in [1.165, 1.54) is 13.8 Å². The highest BCUT2D eigenvalue weighted by atomic mass is 32.3. The first-order chi connectivity index (χ1) is 8.83. The first-order valence-electron chi connectivity index (χ1n) is 5.72.